The van der Waals surface area contributed by atoms with E-state index in [1.165, 1.54) is 25.5 Å². The second kappa shape index (κ2) is 5.61. The Hall–Kier alpha value is -1.92. The lowest BCUT2D eigenvalue weighted by molar-refractivity contribution is -0.384. The zero-order valence-electron chi connectivity index (χ0n) is 10.3. The SMILES string of the molecule is CNc1ncc([N+](=O)[O-])c(NCCCC2CC2)n1. The fourth-order valence-corrected chi connectivity index (χ4v) is 1.76. The molecule has 1 aliphatic carbocycles. The third-order valence-corrected chi connectivity index (χ3v) is 2.97. The maximum atomic E-state index is 10.8. The van der Waals surface area contributed by atoms with E-state index in [0.717, 1.165) is 12.3 Å². The van der Waals surface area contributed by atoms with Crippen LogP contribution in [0.1, 0.15) is 25.7 Å². The van der Waals surface area contributed by atoms with Crippen LogP contribution in [0.4, 0.5) is 17.5 Å². The van der Waals surface area contributed by atoms with Crippen LogP contribution in [0.25, 0.3) is 0 Å². The summed E-state index contributed by atoms with van der Waals surface area (Å²) in [6.45, 7) is 0.706. The van der Waals surface area contributed by atoms with Crippen molar-refractivity contribution in [2.24, 2.45) is 5.92 Å². The van der Waals surface area contributed by atoms with Gasteiger partial charge in [0, 0.05) is 13.6 Å². The summed E-state index contributed by atoms with van der Waals surface area (Å²) in [4.78, 5) is 18.3. The first-order valence-electron chi connectivity index (χ1n) is 6.13. The molecule has 7 heteroatoms. The first-order chi connectivity index (χ1) is 8.70. The topological polar surface area (TPSA) is 93.0 Å². The Bertz CT molecular complexity index is 433. The minimum Gasteiger partial charge on any atom is -0.364 e. The molecule has 0 amide bonds. The molecule has 18 heavy (non-hydrogen) atoms. The van der Waals surface area contributed by atoms with Gasteiger partial charge in [0.2, 0.25) is 11.8 Å². The van der Waals surface area contributed by atoms with Gasteiger partial charge in [-0.05, 0) is 18.8 Å². The Kier molecular flexibility index (Phi) is 3.91. The van der Waals surface area contributed by atoms with Gasteiger partial charge in [0.1, 0.15) is 6.20 Å². The van der Waals surface area contributed by atoms with E-state index in [0.29, 0.717) is 12.5 Å². The molecule has 1 saturated carbocycles. The molecule has 7 nitrogen and oxygen atoms in total. The molecule has 0 spiro atoms. The fourth-order valence-electron chi connectivity index (χ4n) is 1.76. The van der Waals surface area contributed by atoms with E-state index in [1.807, 2.05) is 0 Å². The Morgan fingerprint density at radius 1 is 1.56 bits per heavy atom. The largest absolute Gasteiger partial charge is 0.364 e. The molecule has 0 radical (unpaired) electrons. The van der Waals surface area contributed by atoms with Crippen LogP contribution >= 0.6 is 0 Å². The number of nitrogens with one attached hydrogen (secondary N) is 2. The number of hydrogen-bond donors (Lipinski definition) is 2. The van der Waals surface area contributed by atoms with Gasteiger partial charge in [0.05, 0.1) is 4.92 Å². The smallest absolute Gasteiger partial charge is 0.329 e. The molecule has 2 N–H and O–H groups in total. The van der Waals surface area contributed by atoms with Crippen molar-refractivity contribution in [1.82, 2.24) is 9.97 Å². The molecule has 0 bridgehead atoms. The molecular formula is C11H17N5O2. The van der Waals surface area contributed by atoms with Crippen LogP contribution in [0.15, 0.2) is 6.20 Å². The maximum Gasteiger partial charge on any atom is 0.329 e. The third kappa shape index (κ3) is 3.28. The Balaban J connectivity index is 1.95. The molecule has 1 heterocycles. The van der Waals surface area contributed by atoms with Crippen molar-refractivity contribution < 1.29 is 4.92 Å². The zero-order valence-corrected chi connectivity index (χ0v) is 10.3. The first kappa shape index (κ1) is 12.5. The second-order valence-electron chi connectivity index (χ2n) is 4.45. The summed E-state index contributed by atoms with van der Waals surface area (Å²) in [6.07, 6.45) is 6.09. The minimum atomic E-state index is -0.470. The average Bonchev–Trinajstić information content (AvgIpc) is 3.18. The summed E-state index contributed by atoms with van der Waals surface area (Å²) in [5, 5.41) is 16.6. The lowest BCUT2D eigenvalue weighted by Crippen LogP contribution is -2.09. The highest BCUT2D eigenvalue weighted by molar-refractivity contribution is 5.56. The Morgan fingerprint density at radius 3 is 2.94 bits per heavy atom. The molecule has 0 aromatic carbocycles. The molecule has 0 atom stereocenters. The Morgan fingerprint density at radius 2 is 2.33 bits per heavy atom. The van der Waals surface area contributed by atoms with Gasteiger partial charge in [-0.1, -0.05) is 12.8 Å². The summed E-state index contributed by atoms with van der Waals surface area (Å²) >= 11 is 0. The predicted molar refractivity (Wildman–Crippen MR) is 68.7 cm³/mol. The van der Waals surface area contributed by atoms with Gasteiger partial charge in [-0.3, -0.25) is 10.1 Å². The van der Waals surface area contributed by atoms with Crippen molar-refractivity contribution in [2.75, 3.05) is 24.2 Å². The van der Waals surface area contributed by atoms with Gasteiger partial charge >= 0.3 is 5.69 Å². The van der Waals surface area contributed by atoms with Gasteiger partial charge in [-0.15, -0.1) is 0 Å². The normalized spacial score (nSPS) is 14.3. The van der Waals surface area contributed by atoms with E-state index in [1.54, 1.807) is 7.05 Å². The molecule has 1 fully saturated rings. The van der Waals surface area contributed by atoms with Crippen molar-refractivity contribution in [1.29, 1.82) is 0 Å². The maximum absolute atomic E-state index is 10.8. The average molecular weight is 251 g/mol. The summed E-state index contributed by atoms with van der Waals surface area (Å²) in [5.41, 5.74) is -0.0829. The molecule has 1 aliphatic rings. The van der Waals surface area contributed by atoms with Crippen LogP contribution in [0.5, 0.6) is 0 Å². The van der Waals surface area contributed by atoms with Crippen molar-refractivity contribution in [2.45, 2.75) is 25.7 Å². The number of anilines is 2. The van der Waals surface area contributed by atoms with Crippen LogP contribution in [0.2, 0.25) is 0 Å². The van der Waals surface area contributed by atoms with E-state index in [9.17, 15) is 10.1 Å². The molecular weight excluding hydrogens is 234 g/mol. The van der Waals surface area contributed by atoms with Gasteiger partial charge < -0.3 is 10.6 Å². The van der Waals surface area contributed by atoms with Gasteiger partial charge in [-0.2, -0.15) is 4.98 Å². The van der Waals surface area contributed by atoms with E-state index in [4.69, 9.17) is 0 Å². The predicted octanol–water partition coefficient (Wildman–Crippen LogP) is 2.03. The van der Waals surface area contributed by atoms with E-state index < -0.39 is 4.92 Å². The van der Waals surface area contributed by atoms with E-state index >= 15 is 0 Å². The van der Waals surface area contributed by atoms with Crippen LogP contribution < -0.4 is 10.6 Å². The zero-order chi connectivity index (χ0) is 13.0. The monoisotopic (exact) mass is 251 g/mol. The van der Waals surface area contributed by atoms with Crippen LogP contribution in [-0.4, -0.2) is 28.5 Å². The minimum absolute atomic E-state index is 0.0829. The summed E-state index contributed by atoms with van der Waals surface area (Å²) < 4.78 is 0. The number of nitro groups is 1. The van der Waals surface area contributed by atoms with Gasteiger partial charge in [0.25, 0.3) is 0 Å². The first-order valence-corrected chi connectivity index (χ1v) is 6.13. The van der Waals surface area contributed by atoms with E-state index in [2.05, 4.69) is 20.6 Å². The number of nitrogens with zero attached hydrogens (tertiary/aromatic N) is 3. The van der Waals surface area contributed by atoms with Crippen molar-refractivity contribution in [3.63, 3.8) is 0 Å². The number of aromatic nitrogens is 2. The molecule has 2 rings (SSSR count). The number of hydrogen-bond acceptors (Lipinski definition) is 6. The number of rotatable bonds is 7. The molecule has 0 aliphatic heterocycles. The molecule has 0 saturated heterocycles. The molecule has 98 valence electrons. The Labute approximate surface area is 105 Å². The lowest BCUT2D eigenvalue weighted by atomic mass is 10.2. The van der Waals surface area contributed by atoms with Crippen LogP contribution in [0, 0.1) is 16.0 Å². The highest BCUT2D eigenvalue weighted by Gasteiger charge is 2.21. The van der Waals surface area contributed by atoms with Gasteiger partial charge in [0.15, 0.2) is 0 Å². The fraction of sp³-hybridized carbons (Fsp3) is 0.636. The highest BCUT2D eigenvalue weighted by atomic mass is 16.6. The second-order valence-corrected chi connectivity index (χ2v) is 4.45. The van der Waals surface area contributed by atoms with Crippen molar-refractivity contribution in [3.8, 4) is 0 Å². The quantitative estimate of drug-likeness (QED) is 0.437. The van der Waals surface area contributed by atoms with Crippen LogP contribution in [0.3, 0.4) is 0 Å². The molecule has 1 aromatic heterocycles. The highest BCUT2D eigenvalue weighted by Crippen LogP contribution is 2.33. The van der Waals surface area contributed by atoms with E-state index in [-0.39, 0.29) is 11.5 Å². The summed E-state index contributed by atoms with van der Waals surface area (Å²) in [6, 6.07) is 0. The summed E-state index contributed by atoms with van der Waals surface area (Å²) in [5.74, 6) is 1.54. The van der Waals surface area contributed by atoms with Gasteiger partial charge in [-0.25, -0.2) is 4.98 Å². The summed E-state index contributed by atoms with van der Waals surface area (Å²) in [7, 11) is 1.68. The molecule has 1 aromatic rings. The molecule has 0 unspecified atom stereocenters. The standard InChI is InChI=1S/C11H17N5O2/c1-12-11-14-7-9(16(17)18)10(15-11)13-6-2-3-8-4-5-8/h7-8H,2-6H2,1H3,(H2,12,13,14,15). The van der Waals surface area contributed by atoms with Crippen molar-refractivity contribution in [3.05, 3.63) is 16.3 Å². The third-order valence-electron chi connectivity index (χ3n) is 2.97. The van der Waals surface area contributed by atoms with Crippen LogP contribution in [-0.2, 0) is 0 Å². The lowest BCUT2D eigenvalue weighted by Gasteiger charge is -2.07. The van der Waals surface area contributed by atoms with Crippen molar-refractivity contribution >= 4 is 17.5 Å².